The van der Waals surface area contributed by atoms with Crippen molar-refractivity contribution >= 4 is 17.4 Å². The second-order valence-corrected chi connectivity index (χ2v) is 5.37. The van der Waals surface area contributed by atoms with E-state index in [1.165, 1.54) is 23.9 Å². The van der Waals surface area contributed by atoms with Crippen molar-refractivity contribution in [1.29, 1.82) is 0 Å². The Morgan fingerprint density at radius 3 is 3.05 bits per heavy atom. The number of rotatable bonds is 5. The normalized spacial score (nSPS) is 10.9. The van der Waals surface area contributed by atoms with Crippen LogP contribution < -0.4 is 5.73 Å². The van der Waals surface area contributed by atoms with E-state index in [1.807, 2.05) is 6.07 Å². The summed E-state index contributed by atoms with van der Waals surface area (Å²) in [5, 5.41) is 7.92. The minimum atomic E-state index is -0.259. The van der Waals surface area contributed by atoms with Crippen molar-refractivity contribution in [2.75, 3.05) is 5.73 Å². The fourth-order valence-electron chi connectivity index (χ4n) is 1.72. The van der Waals surface area contributed by atoms with Crippen molar-refractivity contribution in [3.63, 3.8) is 0 Å². The first kappa shape index (κ1) is 13.6. The molecule has 0 aliphatic rings. The maximum absolute atomic E-state index is 13.1. The van der Waals surface area contributed by atoms with Crippen molar-refractivity contribution in [2.45, 2.75) is 17.2 Å². The summed E-state index contributed by atoms with van der Waals surface area (Å²) >= 11 is 1.44. The van der Waals surface area contributed by atoms with Gasteiger partial charge in [0.1, 0.15) is 12.4 Å². The van der Waals surface area contributed by atoms with Crippen LogP contribution in [0.15, 0.2) is 46.1 Å². The van der Waals surface area contributed by atoms with Crippen LogP contribution in [-0.4, -0.2) is 19.9 Å². The summed E-state index contributed by atoms with van der Waals surface area (Å²) < 4.78 is 19.8. The Bertz CT molecular complexity index is 742. The summed E-state index contributed by atoms with van der Waals surface area (Å²) in [5.74, 6) is 1.26. The quantitative estimate of drug-likeness (QED) is 0.728. The predicted molar refractivity (Wildman–Crippen MR) is 76.0 cm³/mol. The number of benzene rings is 1. The van der Waals surface area contributed by atoms with Gasteiger partial charge in [-0.3, -0.25) is 4.68 Å². The molecule has 0 radical (unpaired) electrons. The molecule has 0 aliphatic heterocycles. The zero-order chi connectivity index (χ0) is 14.7. The van der Waals surface area contributed by atoms with E-state index in [0.717, 1.165) is 4.90 Å². The number of hydrogen-bond acceptors (Lipinski definition) is 6. The van der Waals surface area contributed by atoms with E-state index in [4.69, 9.17) is 10.3 Å². The zero-order valence-corrected chi connectivity index (χ0v) is 11.8. The summed E-state index contributed by atoms with van der Waals surface area (Å²) in [6.07, 6.45) is 3.24. The van der Waals surface area contributed by atoms with Gasteiger partial charge in [-0.15, -0.1) is 11.8 Å². The van der Waals surface area contributed by atoms with Crippen LogP contribution in [0.3, 0.4) is 0 Å². The topological polar surface area (TPSA) is 82.8 Å². The minimum Gasteiger partial charge on any atom is -0.396 e. The van der Waals surface area contributed by atoms with E-state index in [1.54, 1.807) is 23.1 Å². The largest absolute Gasteiger partial charge is 0.396 e. The second kappa shape index (κ2) is 5.96. The Kier molecular flexibility index (Phi) is 3.87. The van der Waals surface area contributed by atoms with Gasteiger partial charge < -0.3 is 10.3 Å². The van der Waals surface area contributed by atoms with Gasteiger partial charge in [0.2, 0.25) is 5.89 Å². The molecule has 8 heteroatoms. The number of aromatic nitrogens is 4. The maximum Gasteiger partial charge on any atom is 0.248 e. The van der Waals surface area contributed by atoms with Crippen LogP contribution in [-0.2, 0) is 12.3 Å². The SMILES string of the molecule is Nc1cnn(Cc2nc(CSc3cccc(F)c3)no2)c1. The van der Waals surface area contributed by atoms with Gasteiger partial charge in [-0.2, -0.15) is 10.1 Å². The van der Waals surface area contributed by atoms with Gasteiger partial charge in [0, 0.05) is 11.1 Å². The number of nitrogens with two attached hydrogens (primary N) is 1. The van der Waals surface area contributed by atoms with E-state index >= 15 is 0 Å². The molecule has 108 valence electrons. The molecular weight excluding hydrogens is 293 g/mol. The number of thioether (sulfide) groups is 1. The number of nitrogen functional groups attached to an aromatic ring is 1. The average Bonchev–Trinajstić information content (AvgIpc) is 3.06. The van der Waals surface area contributed by atoms with Gasteiger partial charge in [-0.1, -0.05) is 11.2 Å². The van der Waals surface area contributed by atoms with Crippen LogP contribution in [0, 0.1) is 5.82 Å². The molecule has 0 aliphatic carbocycles. The summed E-state index contributed by atoms with van der Waals surface area (Å²) in [6.45, 7) is 0.370. The molecule has 0 amide bonds. The first-order valence-electron chi connectivity index (χ1n) is 6.17. The molecule has 1 aromatic carbocycles. The van der Waals surface area contributed by atoms with Gasteiger partial charge >= 0.3 is 0 Å². The highest BCUT2D eigenvalue weighted by atomic mass is 32.2. The van der Waals surface area contributed by atoms with E-state index in [9.17, 15) is 4.39 Å². The van der Waals surface area contributed by atoms with Gasteiger partial charge in [0.25, 0.3) is 0 Å². The third kappa shape index (κ3) is 3.60. The molecule has 2 aromatic heterocycles. The Labute approximate surface area is 124 Å². The molecule has 3 rings (SSSR count). The molecule has 0 fully saturated rings. The second-order valence-electron chi connectivity index (χ2n) is 4.32. The van der Waals surface area contributed by atoms with Crippen molar-refractivity contribution < 1.29 is 8.91 Å². The standard InChI is InChI=1S/C13H12FN5OS/c14-9-2-1-3-11(4-9)21-8-12-17-13(20-18-12)7-19-6-10(15)5-16-19/h1-6H,7-8,15H2. The fourth-order valence-corrected chi connectivity index (χ4v) is 2.51. The van der Waals surface area contributed by atoms with Gasteiger partial charge in [0.05, 0.1) is 17.6 Å². The van der Waals surface area contributed by atoms with E-state index in [-0.39, 0.29) is 5.82 Å². The molecule has 0 bridgehead atoms. The van der Waals surface area contributed by atoms with Crippen LogP contribution in [0.25, 0.3) is 0 Å². The molecule has 0 spiro atoms. The first-order chi connectivity index (χ1) is 10.2. The lowest BCUT2D eigenvalue weighted by Gasteiger charge is -1.97. The van der Waals surface area contributed by atoms with Crippen molar-refractivity contribution in [1.82, 2.24) is 19.9 Å². The molecule has 2 N–H and O–H groups in total. The molecule has 0 saturated heterocycles. The lowest BCUT2D eigenvalue weighted by Crippen LogP contribution is -2.00. The first-order valence-corrected chi connectivity index (χ1v) is 7.15. The van der Waals surface area contributed by atoms with Crippen LogP contribution in [0.2, 0.25) is 0 Å². The summed E-state index contributed by atoms with van der Waals surface area (Å²) in [6, 6.07) is 6.38. The van der Waals surface area contributed by atoms with Gasteiger partial charge in [0.15, 0.2) is 5.82 Å². The molecule has 2 heterocycles. The highest BCUT2D eigenvalue weighted by Crippen LogP contribution is 2.22. The molecule has 0 atom stereocenters. The zero-order valence-electron chi connectivity index (χ0n) is 10.9. The average molecular weight is 305 g/mol. The lowest BCUT2D eigenvalue weighted by atomic mass is 10.4. The Morgan fingerprint density at radius 2 is 2.29 bits per heavy atom. The van der Waals surface area contributed by atoms with Crippen LogP contribution in [0.5, 0.6) is 0 Å². The van der Waals surface area contributed by atoms with Crippen LogP contribution >= 0.6 is 11.8 Å². The Hall–Kier alpha value is -2.35. The van der Waals surface area contributed by atoms with Crippen LogP contribution in [0.4, 0.5) is 10.1 Å². The number of hydrogen-bond donors (Lipinski definition) is 1. The highest BCUT2D eigenvalue weighted by molar-refractivity contribution is 7.98. The van der Waals surface area contributed by atoms with Crippen molar-refractivity contribution in [3.05, 3.63) is 54.2 Å². The Balaban J connectivity index is 1.60. The molecule has 0 saturated carbocycles. The molecule has 0 unspecified atom stereocenters. The lowest BCUT2D eigenvalue weighted by molar-refractivity contribution is 0.362. The fraction of sp³-hybridized carbons (Fsp3) is 0.154. The number of halogens is 1. The van der Waals surface area contributed by atoms with E-state index in [0.29, 0.717) is 29.7 Å². The molecular formula is C13H12FN5OS. The number of nitrogens with zero attached hydrogens (tertiary/aromatic N) is 4. The highest BCUT2D eigenvalue weighted by Gasteiger charge is 2.08. The summed E-state index contributed by atoms with van der Waals surface area (Å²) in [4.78, 5) is 5.08. The Morgan fingerprint density at radius 1 is 1.38 bits per heavy atom. The monoisotopic (exact) mass is 305 g/mol. The third-order valence-corrected chi connectivity index (χ3v) is 3.61. The minimum absolute atomic E-state index is 0.259. The van der Waals surface area contributed by atoms with Crippen molar-refractivity contribution in [3.8, 4) is 0 Å². The molecule has 3 aromatic rings. The predicted octanol–water partition coefficient (Wildman–Crippen LogP) is 2.33. The summed E-state index contributed by atoms with van der Waals surface area (Å²) in [7, 11) is 0. The van der Waals surface area contributed by atoms with E-state index < -0.39 is 0 Å². The smallest absolute Gasteiger partial charge is 0.248 e. The van der Waals surface area contributed by atoms with Crippen molar-refractivity contribution in [2.24, 2.45) is 0 Å². The van der Waals surface area contributed by atoms with E-state index in [2.05, 4.69) is 15.2 Å². The molecule has 6 nitrogen and oxygen atoms in total. The molecule has 21 heavy (non-hydrogen) atoms. The van der Waals surface area contributed by atoms with Gasteiger partial charge in [-0.25, -0.2) is 4.39 Å². The third-order valence-electron chi connectivity index (χ3n) is 2.62. The van der Waals surface area contributed by atoms with Gasteiger partial charge in [-0.05, 0) is 18.2 Å². The maximum atomic E-state index is 13.1. The van der Waals surface area contributed by atoms with Crippen LogP contribution in [0.1, 0.15) is 11.7 Å². The summed E-state index contributed by atoms with van der Waals surface area (Å²) in [5.41, 5.74) is 6.16. The number of anilines is 1.